The third-order valence-electron chi connectivity index (χ3n) is 2.81. The van der Waals surface area contributed by atoms with Crippen LogP contribution in [0.25, 0.3) is 11.3 Å². The molecule has 2 aromatic heterocycles. The van der Waals surface area contributed by atoms with Crippen molar-refractivity contribution in [1.29, 1.82) is 0 Å². The molecule has 100 valence electrons. The van der Waals surface area contributed by atoms with Crippen molar-refractivity contribution in [2.24, 2.45) is 0 Å². The summed E-state index contributed by atoms with van der Waals surface area (Å²) in [7, 11) is 4.17. The fourth-order valence-corrected chi connectivity index (χ4v) is 1.80. The highest BCUT2D eigenvalue weighted by molar-refractivity contribution is 5.59. The van der Waals surface area contributed by atoms with E-state index in [-0.39, 0.29) is 0 Å². The molecule has 0 aliphatic heterocycles. The van der Waals surface area contributed by atoms with E-state index in [0.29, 0.717) is 0 Å². The van der Waals surface area contributed by atoms with Gasteiger partial charge in [0.05, 0.1) is 5.69 Å². The minimum Gasteiger partial charge on any atom is -0.370 e. The molecule has 0 radical (unpaired) electrons. The zero-order valence-electron chi connectivity index (χ0n) is 11.5. The molecule has 0 saturated carbocycles. The molecule has 0 spiro atoms. The van der Waals surface area contributed by atoms with Crippen LogP contribution in [0, 0.1) is 0 Å². The number of aromatic nitrogens is 2. The van der Waals surface area contributed by atoms with Crippen LogP contribution in [-0.4, -0.2) is 42.1 Å². The highest BCUT2D eigenvalue weighted by Crippen LogP contribution is 2.16. The molecule has 0 bridgehead atoms. The van der Waals surface area contributed by atoms with E-state index >= 15 is 0 Å². The second-order valence-corrected chi connectivity index (χ2v) is 4.73. The van der Waals surface area contributed by atoms with Gasteiger partial charge in [0.2, 0.25) is 0 Å². The Morgan fingerprint density at radius 3 is 2.63 bits per heavy atom. The normalized spacial score (nSPS) is 10.7. The van der Waals surface area contributed by atoms with Gasteiger partial charge in [0.1, 0.15) is 5.82 Å². The molecule has 1 N–H and O–H groups in total. The van der Waals surface area contributed by atoms with Gasteiger partial charge < -0.3 is 10.2 Å². The monoisotopic (exact) mass is 256 g/mol. The van der Waals surface area contributed by atoms with Crippen molar-refractivity contribution >= 4 is 5.82 Å². The number of nitrogens with one attached hydrogen (secondary N) is 1. The van der Waals surface area contributed by atoms with Crippen molar-refractivity contribution in [2.75, 3.05) is 32.5 Å². The van der Waals surface area contributed by atoms with Crippen LogP contribution in [0.15, 0.2) is 42.7 Å². The SMILES string of the molecule is CN(C)CCCNc1ccc(-c2ccccn2)cn1. The maximum absolute atomic E-state index is 4.41. The van der Waals surface area contributed by atoms with Crippen molar-refractivity contribution in [3.8, 4) is 11.3 Å². The molecule has 0 amide bonds. The summed E-state index contributed by atoms with van der Waals surface area (Å²) in [6.45, 7) is 2.02. The number of nitrogens with zero attached hydrogens (tertiary/aromatic N) is 3. The molecular formula is C15H20N4. The Hall–Kier alpha value is -1.94. The van der Waals surface area contributed by atoms with E-state index in [1.807, 2.05) is 36.5 Å². The van der Waals surface area contributed by atoms with Crippen LogP contribution in [0.2, 0.25) is 0 Å². The molecule has 0 aliphatic carbocycles. The standard InChI is InChI=1S/C15H20N4/c1-19(2)11-5-10-17-15-8-7-13(12-18-15)14-6-3-4-9-16-14/h3-4,6-9,12H,5,10-11H2,1-2H3,(H,17,18). The van der Waals surface area contributed by atoms with E-state index in [1.54, 1.807) is 6.20 Å². The first kappa shape index (κ1) is 13.5. The number of rotatable bonds is 6. The lowest BCUT2D eigenvalue weighted by Gasteiger charge is -2.10. The topological polar surface area (TPSA) is 41.0 Å². The minimum atomic E-state index is 0.915. The summed E-state index contributed by atoms with van der Waals surface area (Å²) in [5, 5.41) is 3.32. The highest BCUT2D eigenvalue weighted by atomic mass is 15.1. The molecule has 0 atom stereocenters. The fraction of sp³-hybridized carbons (Fsp3) is 0.333. The first-order valence-corrected chi connectivity index (χ1v) is 6.52. The Bertz CT molecular complexity index is 479. The zero-order valence-corrected chi connectivity index (χ0v) is 11.5. The molecule has 19 heavy (non-hydrogen) atoms. The lowest BCUT2D eigenvalue weighted by molar-refractivity contribution is 0.405. The quantitative estimate of drug-likeness (QED) is 0.806. The minimum absolute atomic E-state index is 0.915. The van der Waals surface area contributed by atoms with Gasteiger partial charge in [0.25, 0.3) is 0 Å². The van der Waals surface area contributed by atoms with E-state index in [1.165, 1.54) is 0 Å². The van der Waals surface area contributed by atoms with E-state index in [4.69, 9.17) is 0 Å². The van der Waals surface area contributed by atoms with Crippen molar-refractivity contribution in [1.82, 2.24) is 14.9 Å². The summed E-state index contributed by atoms with van der Waals surface area (Å²) in [5.41, 5.74) is 1.99. The van der Waals surface area contributed by atoms with Gasteiger partial charge in [0, 0.05) is 24.5 Å². The van der Waals surface area contributed by atoms with Gasteiger partial charge in [-0.2, -0.15) is 0 Å². The Morgan fingerprint density at radius 2 is 2.00 bits per heavy atom. The molecule has 2 heterocycles. The third-order valence-corrected chi connectivity index (χ3v) is 2.81. The van der Waals surface area contributed by atoms with Crippen LogP contribution in [0.4, 0.5) is 5.82 Å². The molecule has 0 fully saturated rings. The van der Waals surface area contributed by atoms with Crippen LogP contribution in [0.3, 0.4) is 0 Å². The molecule has 4 nitrogen and oxygen atoms in total. The highest BCUT2D eigenvalue weighted by Gasteiger charge is 1.99. The maximum atomic E-state index is 4.41. The smallest absolute Gasteiger partial charge is 0.125 e. The molecular weight excluding hydrogens is 236 g/mol. The van der Waals surface area contributed by atoms with Gasteiger partial charge in [0.15, 0.2) is 0 Å². The molecule has 0 aliphatic rings. The average molecular weight is 256 g/mol. The summed E-state index contributed by atoms with van der Waals surface area (Å²) in [5.74, 6) is 0.915. The maximum Gasteiger partial charge on any atom is 0.125 e. The third kappa shape index (κ3) is 4.34. The van der Waals surface area contributed by atoms with Gasteiger partial charge in [-0.3, -0.25) is 4.98 Å². The predicted octanol–water partition coefficient (Wildman–Crippen LogP) is 2.51. The summed E-state index contributed by atoms with van der Waals surface area (Å²) in [6.07, 6.45) is 4.76. The predicted molar refractivity (Wildman–Crippen MR) is 79.1 cm³/mol. The first-order chi connectivity index (χ1) is 9.25. The van der Waals surface area contributed by atoms with E-state index < -0.39 is 0 Å². The second-order valence-electron chi connectivity index (χ2n) is 4.73. The van der Waals surface area contributed by atoms with Crippen molar-refractivity contribution in [2.45, 2.75) is 6.42 Å². The van der Waals surface area contributed by atoms with Gasteiger partial charge in [-0.15, -0.1) is 0 Å². The molecule has 4 heteroatoms. The number of hydrogen-bond acceptors (Lipinski definition) is 4. The van der Waals surface area contributed by atoms with Crippen LogP contribution in [0.1, 0.15) is 6.42 Å². The summed E-state index contributed by atoms with van der Waals surface area (Å²) in [4.78, 5) is 10.9. The largest absolute Gasteiger partial charge is 0.370 e. The van der Waals surface area contributed by atoms with Crippen molar-refractivity contribution < 1.29 is 0 Å². The Morgan fingerprint density at radius 1 is 1.11 bits per heavy atom. The Balaban J connectivity index is 1.88. The number of hydrogen-bond donors (Lipinski definition) is 1. The van der Waals surface area contributed by atoms with Gasteiger partial charge >= 0.3 is 0 Å². The second kappa shape index (κ2) is 6.85. The lowest BCUT2D eigenvalue weighted by atomic mass is 10.2. The van der Waals surface area contributed by atoms with Gasteiger partial charge in [-0.25, -0.2) is 4.98 Å². The number of anilines is 1. The van der Waals surface area contributed by atoms with Crippen LogP contribution >= 0.6 is 0 Å². The van der Waals surface area contributed by atoms with E-state index in [0.717, 1.165) is 36.6 Å². The van der Waals surface area contributed by atoms with Crippen molar-refractivity contribution in [3.63, 3.8) is 0 Å². The zero-order chi connectivity index (χ0) is 13.5. The fourth-order valence-electron chi connectivity index (χ4n) is 1.80. The molecule has 0 saturated heterocycles. The molecule has 2 aromatic rings. The van der Waals surface area contributed by atoms with Gasteiger partial charge in [-0.05, 0) is 51.3 Å². The molecule has 0 aromatic carbocycles. The van der Waals surface area contributed by atoms with E-state index in [9.17, 15) is 0 Å². The molecule has 2 rings (SSSR count). The Kier molecular flexibility index (Phi) is 4.86. The molecule has 0 unspecified atom stereocenters. The average Bonchev–Trinajstić information content (AvgIpc) is 2.45. The number of pyridine rings is 2. The van der Waals surface area contributed by atoms with Crippen LogP contribution < -0.4 is 5.32 Å². The van der Waals surface area contributed by atoms with Gasteiger partial charge in [-0.1, -0.05) is 6.07 Å². The summed E-state index contributed by atoms with van der Waals surface area (Å²) >= 11 is 0. The van der Waals surface area contributed by atoms with Crippen molar-refractivity contribution in [3.05, 3.63) is 42.7 Å². The van der Waals surface area contributed by atoms with Crippen LogP contribution in [-0.2, 0) is 0 Å². The summed E-state index contributed by atoms with van der Waals surface area (Å²) in [6, 6.07) is 9.93. The lowest BCUT2D eigenvalue weighted by Crippen LogP contribution is -2.16. The first-order valence-electron chi connectivity index (χ1n) is 6.52. The van der Waals surface area contributed by atoms with E-state index in [2.05, 4.69) is 34.3 Å². The Labute approximate surface area is 114 Å². The summed E-state index contributed by atoms with van der Waals surface area (Å²) < 4.78 is 0. The van der Waals surface area contributed by atoms with Crippen LogP contribution in [0.5, 0.6) is 0 Å².